The van der Waals surface area contributed by atoms with Crippen LogP contribution in [0.15, 0.2) is 24.3 Å². The van der Waals surface area contributed by atoms with Gasteiger partial charge < -0.3 is 14.8 Å². The van der Waals surface area contributed by atoms with Gasteiger partial charge in [-0.3, -0.25) is 4.79 Å². The van der Waals surface area contributed by atoms with Crippen molar-refractivity contribution >= 4 is 11.9 Å². The third-order valence-corrected chi connectivity index (χ3v) is 4.09. The van der Waals surface area contributed by atoms with Crippen LogP contribution in [0.25, 0.3) is 0 Å². The second-order valence-electron chi connectivity index (χ2n) is 5.92. The summed E-state index contributed by atoms with van der Waals surface area (Å²) in [5, 5.41) is 2.87. The maximum atomic E-state index is 12.2. The molecule has 0 unspecified atom stereocenters. The molecule has 24 heavy (non-hydrogen) atoms. The molecule has 1 aromatic carbocycles. The van der Waals surface area contributed by atoms with Crippen molar-refractivity contribution < 1.29 is 27.8 Å². The fourth-order valence-electron chi connectivity index (χ4n) is 2.79. The SMILES string of the molecule is C[C@@H]1CCCC[C@H]1NC(=O)COC(=O)c1cccc(OC(F)F)c1. The van der Waals surface area contributed by atoms with Gasteiger partial charge in [0.1, 0.15) is 5.75 Å². The van der Waals surface area contributed by atoms with Crippen molar-refractivity contribution in [2.24, 2.45) is 5.92 Å². The molecule has 1 aliphatic rings. The zero-order chi connectivity index (χ0) is 17.5. The first-order valence-corrected chi connectivity index (χ1v) is 7.97. The van der Waals surface area contributed by atoms with E-state index in [2.05, 4.69) is 17.0 Å². The fourth-order valence-corrected chi connectivity index (χ4v) is 2.79. The summed E-state index contributed by atoms with van der Waals surface area (Å²) in [6.45, 7) is -1.29. The third kappa shape index (κ3) is 5.47. The number of hydrogen-bond donors (Lipinski definition) is 1. The molecule has 0 radical (unpaired) electrons. The van der Waals surface area contributed by atoms with Crippen molar-refractivity contribution in [2.75, 3.05) is 6.61 Å². The molecular formula is C17H21F2NO4. The number of rotatable bonds is 6. The van der Waals surface area contributed by atoms with Crippen LogP contribution < -0.4 is 10.1 Å². The summed E-state index contributed by atoms with van der Waals surface area (Å²) in [6, 6.07) is 5.36. The van der Waals surface area contributed by atoms with Crippen molar-refractivity contribution in [3.63, 3.8) is 0 Å². The molecule has 1 fully saturated rings. The topological polar surface area (TPSA) is 64.6 Å². The Balaban J connectivity index is 1.82. The molecule has 1 amide bonds. The number of alkyl halides is 2. The van der Waals surface area contributed by atoms with Gasteiger partial charge in [0, 0.05) is 6.04 Å². The molecule has 0 saturated heterocycles. The first kappa shape index (κ1) is 18.2. The smallest absolute Gasteiger partial charge is 0.387 e. The number of benzene rings is 1. The number of carbonyl (C=O) groups is 2. The molecule has 2 rings (SSSR count). The van der Waals surface area contributed by atoms with Crippen molar-refractivity contribution in [2.45, 2.75) is 45.3 Å². The molecular weight excluding hydrogens is 320 g/mol. The van der Waals surface area contributed by atoms with Crippen LogP contribution in [0.2, 0.25) is 0 Å². The molecule has 5 nitrogen and oxygen atoms in total. The molecule has 0 bridgehead atoms. The first-order valence-electron chi connectivity index (χ1n) is 7.97. The van der Waals surface area contributed by atoms with E-state index in [1.165, 1.54) is 24.6 Å². The minimum absolute atomic E-state index is 0.0481. The Morgan fingerprint density at radius 2 is 2.04 bits per heavy atom. The summed E-state index contributed by atoms with van der Waals surface area (Å²) in [7, 11) is 0. The van der Waals surface area contributed by atoms with Gasteiger partial charge in [0.15, 0.2) is 6.61 Å². The average molecular weight is 341 g/mol. The molecule has 0 aliphatic heterocycles. The lowest BCUT2D eigenvalue weighted by atomic mass is 9.86. The summed E-state index contributed by atoms with van der Waals surface area (Å²) in [4.78, 5) is 23.8. The highest BCUT2D eigenvalue weighted by molar-refractivity contribution is 5.91. The van der Waals surface area contributed by atoms with E-state index >= 15 is 0 Å². The summed E-state index contributed by atoms with van der Waals surface area (Å²) in [5.74, 6) is -0.856. The number of esters is 1. The second-order valence-corrected chi connectivity index (χ2v) is 5.92. The molecule has 1 aliphatic carbocycles. The lowest BCUT2D eigenvalue weighted by molar-refractivity contribution is -0.125. The molecule has 1 aromatic rings. The van der Waals surface area contributed by atoms with Crippen LogP contribution in [-0.2, 0) is 9.53 Å². The summed E-state index contributed by atoms with van der Waals surface area (Å²) >= 11 is 0. The number of ether oxygens (including phenoxy) is 2. The summed E-state index contributed by atoms with van der Waals surface area (Å²) < 4.78 is 33.5. The van der Waals surface area contributed by atoms with Crippen LogP contribution >= 0.6 is 0 Å². The monoisotopic (exact) mass is 341 g/mol. The lowest BCUT2D eigenvalue weighted by Gasteiger charge is -2.29. The Bertz CT molecular complexity index is 579. The van der Waals surface area contributed by atoms with Gasteiger partial charge in [-0.05, 0) is 37.0 Å². The van der Waals surface area contributed by atoms with Gasteiger partial charge in [0.2, 0.25) is 0 Å². The van der Waals surface area contributed by atoms with Gasteiger partial charge in [-0.25, -0.2) is 4.79 Å². The Morgan fingerprint density at radius 3 is 2.75 bits per heavy atom. The van der Waals surface area contributed by atoms with Crippen molar-refractivity contribution in [3.05, 3.63) is 29.8 Å². The number of carbonyl (C=O) groups excluding carboxylic acids is 2. The van der Waals surface area contributed by atoms with Gasteiger partial charge >= 0.3 is 12.6 Å². The zero-order valence-corrected chi connectivity index (χ0v) is 13.5. The van der Waals surface area contributed by atoms with Gasteiger partial charge in [-0.2, -0.15) is 8.78 Å². The van der Waals surface area contributed by atoms with Crippen LogP contribution in [-0.4, -0.2) is 31.1 Å². The van der Waals surface area contributed by atoms with Gasteiger partial charge in [0.25, 0.3) is 5.91 Å². The molecule has 0 aromatic heterocycles. The molecule has 1 saturated carbocycles. The van der Waals surface area contributed by atoms with Crippen LogP contribution in [0.1, 0.15) is 43.0 Å². The molecule has 7 heteroatoms. The van der Waals surface area contributed by atoms with E-state index in [0.29, 0.717) is 5.92 Å². The van der Waals surface area contributed by atoms with Crippen molar-refractivity contribution in [1.82, 2.24) is 5.32 Å². The highest BCUT2D eigenvalue weighted by Gasteiger charge is 2.23. The van der Waals surface area contributed by atoms with E-state index in [4.69, 9.17) is 4.74 Å². The van der Waals surface area contributed by atoms with E-state index in [1.54, 1.807) is 0 Å². The Morgan fingerprint density at radius 1 is 1.29 bits per heavy atom. The van der Waals surface area contributed by atoms with Gasteiger partial charge in [-0.1, -0.05) is 25.8 Å². The van der Waals surface area contributed by atoms with Crippen LogP contribution in [0.5, 0.6) is 5.75 Å². The normalized spacial score (nSPS) is 20.5. The lowest BCUT2D eigenvalue weighted by Crippen LogP contribution is -2.42. The molecule has 2 atom stereocenters. The van der Waals surface area contributed by atoms with Gasteiger partial charge in [-0.15, -0.1) is 0 Å². The molecule has 1 N–H and O–H groups in total. The van der Waals surface area contributed by atoms with E-state index in [-0.39, 0.29) is 23.3 Å². The molecule has 0 heterocycles. The maximum absolute atomic E-state index is 12.2. The number of hydrogen-bond acceptors (Lipinski definition) is 4. The fraction of sp³-hybridized carbons (Fsp3) is 0.529. The average Bonchev–Trinajstić information content (AvgIpc) is 2.54. The van der Waals surface area contributed by atoms with E-state index in [1.807, 2.05) is 0 Å². The Kier molecular flexibility index (Phi) is 6.52. The van der Waals surface area contributed by atoms with Gasteiger partial charge in [0.05, 0.1) is 5.56 Å². The summed E-state index contributed by atoms with van der Waals surface area (Å²) in [5.41, 5.74) is 0.0481. The highest BCUT2D eigenvalue weighted by Crippen LogP contribution is 2.23. The van der Waals surface area contributed by atoms with Crippen LogP contribution in [0.4, 0.5) is 8.78 Å². The molecule has 132 valence electrons. The van der Waals surface area contributed by atoms with E-state index < -0.39 is 19.2 Å². The predicted octanol–water partition coefficient (Wildman–Crippen LogP) is 3.14. The zero-order valence-electron chi connectivity index (χ0n) is 13.5. The summed E-state index contributed by atoms with van der Waals surface area (Å²) in [6.07, 6.45) is 4.24. The second kappa shape index (κ2) is 8.61. The maximum Gasteiger partial charge on any atom is 0.387 e. The molecule has 0 spiro atoms. The third-order valence-electron chi connectivity index (χ3n) is 4.09. The highest BCUT2D eigenvalue weighted by atomic mass is 19.3. The first-order chi connectivity index (χ1) is 11.5. The van der Waals surface area contributed by atoms with E-state index in [9.17, 15) is 18.4 Å². The van der Waals surface area contributed by atoms with E-state index in [0.717, 1.165) is 25.3 Å². The minimum Gasteiger partial charge on any atom is -0.452 e. The van der Waals surface area contributed by atoms with Crippen molar-refractivity contribution in [1.29, 1.82) is 0 Å². The quantitative estimate of drug-likeness (QED) is 0.808. The largest absolute Gasteiger partial charge is 0.452 e. The number of amides is 1. The number of nitrogens with one attached hydrogen (secondary N) is 1. The predicted molar refractivity (Wildman–Crippen MR) is 82.9 cm³/mol. The minimum atomic E-state index is -2.97. The van der Waals surface area contributed by atoms with Crippen LogP contribution in [0, 0.1) is 5.92 Å². The Hall–Kier alpha value is -2.18. The number of halogens is 2. The van der Waals surface area contributed by atoms with Crippen molar-refractivity contribution in [3.8, 4) is 5.75 Å². The standard InChI is InChI=1S/C17H21F2NO4/c1-11-5-2-3-8-14(11)20-15(21)10-23-16(22)12-6-4-7-13(9-12)24-17(18)19/h4,6-7,9,11,14,17H,2-3,5,8,10H2,1H3,(H,20,21)/t11-,14-/m1/s1. The Labute approximate surface area is 139 Å². The van der Waals surface area contributed by atoms with Crippen LogP contribution in [0.3, 0.4) is 0 Å².